The van der Waals surface area contributed by atoms with Gasteiger partial charge in [0.1, 0.15) is 29.6 Å². The van der Waals surface area contributed by atoms with Crippen LogP contribution in [0, 0.1) is 12.7 Å². The molecule has 0 saturated carbocycles. The van der Waals surface area contributed by atoms with Gasteiger partial charge < -0.3 is 23.5 Å². The van der Waals surface area contributed by atoms with E-state index in [1.54, 1.807) is 39.2 Å². The molecule has 0 fully saturated rings. The molecule has 1 aliphatic heterocycles. The Kier molecular flexibility index (Phi) is 8.47. The van der Waals surface area contributed by atoms with Crippen LogP contribution in [0.3, 0.4) is 0 Å². The summed E-state index contributed by atoms with van der Waals surface area (Å²) in [5.41, 5.74) is 1.83. The van der Waals surface area contributed by atoms with E-state index in [4.69, 9.17) is 18.6 Å². The second-order valence-corrected chi connectivity index (χ2v) is 10.8. The van der Waals surface area contributed by atoms with Gasteiger partial charge in [-0.25, -0.2) is 9.18 Å². The first kappa shape index (κ1) is 30.4. The Morgan fingerprint density at radius 2 is 1.85 bits per heavy atom. The molecular weight excluding hydrogens is 597 g/mol. The first-order chi connectivity index (χ1) is 22.2. The van der Waals surface area contributed by atoms with E-state index in [1.807, 2.05) is 30.3 Å². The van der Waals surface area contributed by atoms with E-state index in [2.05, 4.69) is 15.2 Å². The molecule has 0 spiro atoms. The lowest BCUT2D eigenvalue weighted by Gasteiger charge is -2.32. The summed E-state index contributed by atoms with van der Waals surface area (Å²) in [5.74, 6) is -1.37. The molecule has 3 aromatic heterocycles. The molecule has 46 heavy (non-hydrogen) atoms. The lowest BCUT2D eigenvalue weighted by Crippen LogP contribution is -2.44. The number of esters is 1. The number of aryl methyl sites for hydroxylation is 1. The monoisotopic (exact) mass is 627 g/mol. The second-order valence-electron chi connectivity index (χ2n) is 10.8. The van der Waals surface area contributed by atoms with Crippen LogP contribution in [0.4, 0.5) is 4.39 Å². The molecule has 4 heterocycles. The largest absolute Gasteiger partial charge is 0.485 e. The lowest BCUT2D eigenvalue weighted by atomic mass is 10.0. The van der Waals surface area contributed by atoms with Crippen LogP contribution in [0.5, 0.6) is 11.5 Å². The van der Waals surface area contributed by atoms with Crippen LogP contribution in [0.1, 0.15) is 50.5 Å². The molecule has 12 nitrogen and oxygen atoms in total. The Bertz CT molecular complexity index is 1980. The van der Waals surface area contributed by atoms with Crippen LogP contribution in [0.2, 0.25) is 0 Å². The van der Waals surface area contributed by atoms with Crippen molar-refractivity contribution in [1.29, 1.82) is 0 Å². The quantitative estimate of drug-likeness (QED) is 0.208. The summed E-state index contributed by atoms with van der Waals surface area (Å²) in [6.45, 7) is 3.34. The molecule has 0 aliphatic carbocycles. The molecule has 0 N–H and O–H groups in total. The van der Waals surface area contributed by atoms with Gasteiger partial charge in [0.25, 0.3) is 5.56 Å². The van der Waals surface area contributed by atoms with Crippen LogP contribution >= 0.6 is 0 Å². The van der Waals surface area contributed by atoms with E-state index in [0.717, 1.165) is 11.1 Å². The van der Waals surface area contributed by atoms with E-state index in [0.29, 0.717) is 23.3 Å². The molecule has 1 aliphatic rings. The summed E-state index contributed by atoms with van der Waals surface area (Å²) in [7, 11) is 1.55. The molecule has 0 bridgehead atoms. The molecule has 5 aromatic rings. The van der Waals surface area contributed by atoms with Crippen molar-refractivity contribution in [2.45, 2.75) is 39.5 Å². The minimum Gasteiger partial charge on any atom is -0.485 e. The van der Waals surface area contributed by atoms with E-state index in [1.165, 1.54) is 21.6 Å². The predicted octanol–water partition coefficient (Wildman–Crippen LogP) is 4.11. The van der Waals surface area contributed by atoms with Gasteiger partial charge in [0.05, 0.1) is 19.7 Å². The Hall–Kier alpha value is -5.59. The highest BCUT2D eigenvalue weighted by atomic mass is 19.1. The molecule has 0 unspecified atom stereocenters. The first-order valence-electron chi connectivity index (χ1n) is 14.6. The zero-order valence-electron chi connectivity index (χ0n) is 25.4. The SMILES string of the molecule is CCOC(=O)c1c(OCc2ccccc2)c2ncc(Cc3ccc(F)cc3)c3c2n(c1=O)C[C@@H](CN(C)C(=O)c1nnc(C)o1)O3. The molecular formula is C33H30FN5O7. The van der Waals surface area contributed by atoms with Gasteiger partial charge in [0.2, 0.25) is 5.89 Å². The van der Waals surface area contributed by atoms with Gasteiger partial charge in [-0.2, -0.15) is 0 Å². The second kappa shape index (κ2) is 12.8. The molecule has 1 amide bonds. The molecule has 6 rings (SSSR count). The Balaban J connectivity index is 1.46. The maximum atomic E-state index is 14.2. The summed E-state index contributed by atoms with van der Waals surface area (Å²) in [5, 5.41) is 7.52. The zero-order valence-corrected chi connectivity index (χ0v) is 25.4. The number of halogens is 1. The number of rotatable bonds is 10. The van der Waals surface area contributed by atoms with Crippen molar-refractivity contribution in [2.24, 2.45) is 0 Å². The van der Waals surface area contributed by atoms with Gasteiger partial charge in [0.15, 0.2) is 17.1 Å². The molecule has 1 atom stereocenters. The van der Waals surface area contributed by atoms with Crippen LogP contribution in [-0.4, -0.2) is 62.8 Å². The molecule has 2 aromatic carbocycles. The number of aromatic nitrogens is 4. The number of carbonyl (C=O) groups is 2. The third kappa shape index (κ3) is 6.03. The number of nitrogens with zero attached hydrogens (tertiary/aromatic N) is 5. The zero-order chi connectivity index (χ0) is 32.4. The normalized spacial score (nSPS) is 13.7. The van der Waals surface area contributed by atoms with Crippen LogP contribution in [0.25, 0.3) is 11.0 Å². The van der Waals surface area contributed by atoms with Crippen LogP contribution in [0.15, 0.2) is 70.0 Å². The number of carbonyl (C=O) groups excluding carboxylic acids is 2. The number of hydrogen-bond acceptors (Lipinski definition) is 10. The first-order valence-corrected chi connectivity index (χ1v) is 14.6. The standard InChI is InChI=1S/C33H30FN5O7/c1-4-43-33(42)25-29(44-18-21-8-6-5-7-9-21)26-27-28(22(15-35-26)14-20-10-12-23(34)13-11-20)46-24(17-39(27)31(25)40)16-38(3)32(41)30-37-36-19(2)45-30/h5-13,15,24H,4,14,16-18H2,1-3H3/t24-/m1/s1. The third-order valence-electron chi connectivity index (χ3n) is 7.47. The van der Waals surface area contributed by atoms with Crippen molar-refractivity contribution in [2.75, 3.05) is 20.2 Å². The van der Waals surface area contributed by atoms with Gasteiger partial charge in [-0.05, 0) is 30.2 Å². The Morgan fingerprint density at radius 1 is 1.09 bits per heavy atom. The van der Waals surface area contributed by atoms with E-state index < -0.39 is 23.5 Å². The van der Waals surface area contributed by atoms with Crippen molar-refractivity contribution < 1.29 is 32.6 Å². The molecule has 13 heteroatoms. The highest BCUT2D eigenvalue weighted by molar-refractivity contribution is 6.00. The van der Waals surface area contributed by atoms with Crippen molar-refractivity contribution in [3.05, 3.63) is 111 Å². The number of hydrogen-bond donors (Lipinski definition) is 0. The highest BCUT2D eigenvalue weighted by Crippen LogP contribution is 2.39. The fourth-order valence-electron chi connectivity index (χ4n) is 5.33. The summed E-state index contributed by atoms with van der Waals surface area (Å²) in [6, 6.07) is 15.3. The number of benzene rings is 2. The van der Waals surface area contributed by atoms with E-state index in [-0.39, 0.29) is 60.7 Å². The molecule has 236 valence electrons. The minimum absolute atomic E-state index is 0.0180. The maximum absolute atomic E-state index is 14.2. The summed E-state index contributed by atoms with van der Waals surface area (Å²) in [6.07, 6.45) is 1.15. The van der Waals surface area contributed by atoms with Gasteiger partial charge in [-0.1, -0.05) is 42.5 Å². The fraction of sp³-hybridized carbons (Fsp3) is 0.273. The number of pyridine rings is 2. The minimum atomic E-state index is -0.845. The molecule has 0 radical (unpaired) electrons. The summed E-state index contributed by atoms with van der Waals surface area (Å²) >= 11 is 0. The van der Waals surface area contributed by atoms with Gasteiger partial charge in [-0.15, -0.1) is 10.2 Å². The van der Waals surface area contributed by atoms with Gasteiger partial charge >= 0.3 is 17.8 Å². The highest BCUT2D eigenvalue weighted by Gasteiger charge is 2.34. The predicted molar refractivity (Wildman–Crippen MR) is 162 cm³/mol. The van der Waals surface area contributed by atoms with E-state index >= 15 is 0 Å². The maximum Gasteiger partial charge on any atom is 0.347 e. The summed E-state index contributed by atoms with van der Waals surface area (Å²) < 4.78 is 38.3. The van der Waals surface area contributed by atoms with Crippen molar-refractivity contribution in [3.8, 4) is 11.5 Å². The summed E-state index contributed by atoms with van der Waals surface area (Å²) in [4.78, 5) is 46.5. The average Bonchev–Trinajstić information content (AvgIpc) is 3.49. The van der Waals surface area contributed by atoms with Crippen LogP contribution in [-0.2, 0) is 24.3 Å². The van der Waals surface area contributed by atoms with Gasteiger partial charge in [-0.3, -0.25) is 19.1 Å². The Morgan fingerprint density at radius 3 is 2.54 bits per heavy atom. The lowest BCUT2D eigenvalue weighted by molar-refractivity contribution is 0.0517. The smallest absolute Gasteiger partial charge is 0.347 e. The number of likely N-dealkylation sites (N-methyl/N-ethyl adjacent to an activating group) is 1. The average molecular weight is 628 g/mol. The molecule has 0 saturated heterocycles. The van der Waals surface area contributed by atoms with E-state index in [9.17, 15) is 18.8 Å². The van der Waals surface area contributed by atoms with Gasteiger partial charge in [0, 0.05) is 32.2 Å². The van der Waals surface area contributed by atoms with Crippen molar-refractivity contribution in [1.82, 2.24) is 24.6 Å². The van der Waals surface area contributed by atoms with Crippen LogP contribution < -0.4 is 15.0 Å². The number of amides is 1. The Labute approximate surface area is 262 Å². The topological polar surface area (TPSA) is 139 Å². The van der Waals surface area contributed by atoms with Crippen molar-refractivity contribution >= 4 is 22.9 Å². The van der Waals surface area contributed by atoms with Crippen molar-refractivity contribution in [3.63, 3.8) is 0 Å². The number of ether oxygens (including phenoxy) is 3. The third-order valence-corrected chi connectivity index (χ3v) is 7.47. The fourth-order valence-corrected chi connectivity index (χ4v) is 5.33.